The Morgan fingerprint density at radius 1 is 1.00 bits per heavy atom. The van der Waals surface area contributed by atoms with Crippen molar-refractivity contribution in [1.29, 1.82) is 0 Å². The van der Waals surface area contributed by atoms with Crippen molar-refractivity contribution < 1.29 is 9.53 Å². The Morgan fingerprint density at radius 3 is 2.30 bits per heavy atom. The van der Waals surface area contributed by atoms with Crippen LogP contribution in [0.5, 0.6) is 5.75 Å². The van der Waals surface area contributed by atoms with E-state index in [2.05, 4.69) is 15.5 Å². The number of nitrogens with zero attached hydrogens (tertiary/aromatic N) is 3. The van der Waals surface area contributed by atoms with E-state index in [1.165, 1.54) is 11.8 Å². The average molecular weight is 479 g/mol. The highest BCUT2D eigenvalue weighted by atomic mass is 35.5. The molecule has 0 saturated carbocycles. The number of rotatable bonds is 7. The van der Waals surface area contributed by atoms with Gasteiger partial charge in [-0.3, -0.25) is 9.36 Å². The zero-order chi connectivity index (χ0) is 23.4. The van der Waals surface area contributed by atoms with E-state index in [1.54, 1.807) is 7.11 Å². The summed E-state index contributed by atoms with van der Waals surface area (Å²) in [5.41, 5.74) is 4.64. The molecule has 1 amide bonds. The van der Waals surface area contributed by atoms with Crippen molar-refractivity contribution in [1.82, 2.24) is 14.8 Å². The van der Waals surface area contributed by atoms with Crippen molar-refractivity contribution in [2.75, 3.05) is 18.2 Å². The lowest BCUT2D eigenvalue weighted by molar-refractivity contribution is -0.113. The van der Waals surface area contributed by atoms with Gasteiger partial charge < -0.3 is 10.1 Å². The van der Waals surface area contributed by atoms with E-state index in [0.717, 1.165) is 33.8 Å². The zero-order valence-electron chi connectivity index (χ0n) is 18.5. The maximum absolute atomic E-state index is 12.7. The Hall–Kier alpha value is -3.29. The first-order chi connectivity index (χ1) is 16.0. The molecule has 33 heavy (non-hydrogen) atoms. The van der Waals surface area contributed by atoms with Crippen LogP contribution in [0.15, 0.2) is 71.9 Å². The molecular weight excluding hydrogens is 456 g/mol. The van der Waals surface area contributed by atoms with Crippen molar-refractivity contribution in [2.45, 2.75) is 19.0 Å². The second-order valence-corrected chi connectivity index (χ2v) is 8.83. The summed E-state index contributed by atoms with van der Waals surface area (Å²) in [5.74, 6) is 1.51. The van der Waals surface area contributed by atoms with Crippen molar-refractivity contribution in [3.8, 4) is 22.8 Å². The SMILES string of the molecule is COc1ccc(-n2c(SCC(=O)Nc3c(C)cccc3C)nnc2-c2ccc(Cl)cc2)cc1. The third-order valence-electron chi connectivity index (χ3n) is 5.14. The maximum Gasteiger partial charge on any atom is 0.234 e. The van der Waals surface area contributed by atoms with Gasteiger partial charge in [-0.25, -0.2) is 0 Å². The fraction of sp³-hybridized carbons (Fsp3) is 0.160. The Morgan fingerprint density at radius 2 is 1.67 bits per heavy atom. The minimum Gasteiger partial charge on any atom is -0.497 e. The second-order valence-electron chi connectivity index (χ2n) is 7.45. The van der Waals surface area contributed by atoms with Crippen LogP contribution in [0.3, 0.4) is 0 Å². The normalized spacial score (nSPS) is 10.8. The van der Waals surface area contributed by atoms with Crippen LogP contribution in [-0.4, -0.2) is 33.5 Å². The van der Waals surface area contributed by atoms with Crippen LogP contribution in [0.1, 0.15) is 11.1 Å². The first kappa shape index (κ1) is 22.9. The fourth-order valence-corrected chi connectivity index (χ4v) is 4.31. The number of hydrogen-bond donors (Lipinski definition) is 1. The van der Waals surface area contributed by atoms with Gasteiger partial charge in [0.05, 0.1) is 12.9 Å². The average Bonchev–Trinajstić information content (AvgIpc) is 3.24. The molecule has 1 aromatic heterocycles. The predicted molar refractivity (Wildman–Crippen MR) is 134 cm³/mol. The standard InChI is InChI=1S/C25H23ClN4O2S/c1-16-5-4-6-17(2)23(16)27-22(31)15-33-25-29-28-24(18-7-9-19(26)10-8-18)30(25)20-11-13-21(32-3)14-12-20/h4-14H,15H2,1-3H3,(H,27,31). The summed E-state index contributed by atoms with van der Waals surface area (Å²) >= 11 is 7.39. The summed E-state index contributed by atoms with van der Waals surface area (Å²) in [6, 6.07) is 21.0. The van der Waals surface area contributed by atoms with Crippen molar-refractivity contribution in [2.24, 2.45) is 0 Å². The summed E-state index contributed by atoms with van der Waals surface area (Å²) in [6.45, 7) is 3.96. The van der Waals surface area contributed by atoms with Crippen LogP contribution in [0.4, 0.5) is 5.69 Å². The van der Waals surface area contributed by atoms with Gasteiger partial charge in [-0.15, -0.1) is 10.2 Å². The minimum atomic E-state index is -0.102. The predicted octanol–water partition coefficient (Wildman–Crippen LogP) is 5.94. The van der Waals surface area contributed by atoms with Crippen LogP contribution in [0.25, 0.3) is 17.1 Å². The highest BCUT2D eigenvalue weighted by Gasteiger charge is 2.18. The molecule has 0 aliphatic heterocycles. The molecular formula is C25H23ClN4O2S. The monoisotopic (exact) mass is 478 g/mol. The molecule has 3 aromatic carbocycles. The molecule has 0 spiro atoms. The van der Waals surface area contributed by atoms with Crippen LogP contribution in [0.2, 0.25) is 5.02 Å². The largest absolute Gasteiger partial charge is 0.497 e. The molecule has 1 N–H and O–H groups in total. The Balaban J connectivity index is 1.62. The number of carbonyl (C=O) groups excluding carboxylic acids is 1. The number of amides is 1. The lowest BCUT2D eigenvalue weighted by Gasteiger charge is -2.13. The molecule has 0 aliphatic rings. The van der Waals surface area contributed by atoms with Gasteiger partial charge in [0.1, 0.15) is 5.75 Å². The number of hydrogen-bond acceptors (Lipinski definition) is 5. The molecule has 8 heteroatoms. The van der Waals surface area contributed by atoms with Gasteiger partial charge in [-0.05, 0) is 73.5 Å². The fourth-order valence-electron chi connectivity index (χ4n) is 3.43. The summed E-state index contributed by atoms with van der Waals surface area (Å²) in [5, 5.41) is 13.1. The number of thioether (sulfide) groups is 1. The second kappa shape index (κ2) is 10.1. The molecule has 0 unspecified atom stereocenters. The summed E-state index contributed by atoms with van der Waals surface area (Å²) < 4.78 is 7.22. The minimum absolute atomic E-state index is 0.102. The number of benzene rings is 3. The smallest absolute Gasteiger partial charge is 0.234 e. The third kappa shape index (κ3) is 5.21. The molecule has 0 saturated heterocycles. The highest BCUT2D eigenvalue weighted by Crippen LogP contribution is 2.30. The molecule has 1 heterocycles. The Bertz CT molecular complexity index is 1250. The van der Waals surface area contributed by atoms with E-state index in [0.29, 0.717) is 16.0 Å². The number of halogens is 1. The summed E-state index contributed by atoms with van der Waals surface area (Å²) in [6.07, 6.45) is 0. The van der Waals surface area contributed by atoms with Crippen molar-refractivity contribution >= 4 is 35.0 Å². The van der Waals surface area contributed by atoms with Crippen molar-refractivity contribution in [3.63, 3.8) is 0 Å². The molecule has 4 aromatic rings. The van der Waals surface area contributed by atoms with Gasteiger partial charge in [0.25, 0.3) is 0 Å². The number of aromatic nitrogens is 3. The van der Waals surface area contributed by atoms with Gasteiger partial charge >= 0.3 is 0 Å². The summed E-state index contributed by atoms with van der Waals surface area (Å²) in [4.78, 5) is 12.7. The Kier molecular flexibility index (Phi) is 7.01. The number of methoxy groups -OCH3 is 1. The topological polar surface area (TPSA) is 69.0 Å². The van der Waals surface area contributed by atoms with Gasteiger partial charge in [0.2, 0.25) is 5.91 Å². The molecule has 0 aliphatic carbocycles. The van der Waals surface area contributed by atoms with Crippen LogP contribution in [-0.2, 0) is 4.79 Å². The van der Waals surface area contributed by atoms with Crippen LogP contribution in [0, 0.1) is 13.8 Å². The van der Waals surface area contributed by atoms with E-state index in [1.807, 2.05) is 85.1 Å². The molecule has 0 radical (unpaired) electrons. The van der Waals surface area contributed by atoms with Crippen molar-refractivity contribution in [3.05, 3.63) is 82.9 Å². The quantitative estimate of drug-likeness (QED) is 0.333. The van der Waals surface area contributed by atoms with E-state index < -0.39 is 0 Å². The first-order valence-corrected chi connectivity index (χ1v) is 11.7. The van der Waals surface area contributed by atoms with Gasteiger partial charge in [-0.2, -0.15) is 0 Å². The lowest BCUT2D eigenvalue weighted by atomic mass is 10.1. The number of anilines is 1. The summed E-state index contributed by atoms with van der Waals surface area (Å²) in [7, 11) is 1.63. The van der Waals surface area contributed by atoms with E-state index in [4.69, 9.17) is 16.3 Å². The van der Waals surface area contributed by atoms with Gasteiger partial charge in [0, 0.05) is 22.0 Å². The maximum atomic E-state index is 12.7. The third-order valence-corrected chi connectivity index (χ3v) is 6.33. The molecule has 0 atom stereocenters. The van der Waals surface area contributed by atoms with Crippen LogP contribution < -0.4 is 10.1 Å². The molecule has 168 valence electrons. The molecule has 6 nitrogen and oxygen atoms in total. The number of para-hydroxylation sites is 1. The van der Waals surface area contributed by atoms with Crippen LogP contribution >= 0.6 is 23.4 Å². The number of carbonyl (C=O) groups is 1. The van der Waals surface area contributed by atoms with E-state index in [-0.39, 0.29) is 11.7 Å². The van der Waals surface area contributed by atoms with Gasteiger partial charge in [0.15, 0.2) is 11.0 Å². The number of ether oxygens (including phenoxy) is 1. The molecule has 0 bridgehead atoms. The molecule has 0 fully saturated rings. The highest BCUT2D eigenvalue weighted by molar-refractivity contribution is 7.99. The van der Waals surface area contributed by atoms with Gasteiger partial charge in [-0.1, -0.05) is 41.6 Å². The van der Waals surface area contributed by atoms with E-state index in [9.17, 15) is 4.79 Å². The number of aryl methyl sites for hydroxylation is 2. The molecule has 4 rings (SSSR count). The first-order valence-electron chi connectivity index (χ1n) is 10.3. The number of nitrogens with one attached hydrogen (secondary N) is 1. The zero-order valence-corrected chi connectivity index (χ0v) is 20.1. The lowest BCUT2D eigenvalue weighted by Crippen LogP contribution is -2.16. The van der Waals surface area contributed by atoms with E-state index >= 15 is 0 Å². The Labute approximate surface area is 202 Å².